The van der Waals surface area contributed by atoms with Crippen molar-refractivity contribution in [2.24, 2.45) is 7.05 Å². The molecule has 0 unspecified atom stereocenters. The summed E-state index contributed by atoms with van der Waals surface area (Å²) in [7, 11) is 3.50. The Labute approximate surface area is 164 Å². The molecule has 1 N–H and O–H groups in total. The Morgan fingerprint density at radius 1 is 1.30 bits per heavy atom. The number of nitrogens with one attached hydrogen (secondary N) is 1. The maximum atomic E-state index is 12.7. The quantitative estimate of drug-likeness (QED) is 0.579. The van der Waals surface area contributed by atoms with Crippen LogP contribution in [-0.2, 0) is 16.5 Å². The van der Waals surface area contributed by atoms with Crippen LogP contribution in [0.4, 0.5) is 0 Å². The van der Waals surface area contributed by atoms with Crippen LogP contribution in [0.1, 0.15) is 36.0 Å². The fourth-order valence-electron chi connectivity index (χ4n) is 3.27. The van der Waals surface area contributed by atoms with E-state index in [1.54, 1.807) is 30.1 Å². The zero-order valence-electron chi connectivity index (χ0n) is 15.7. The molecular formula is C19H25ClN4O3. The third-order valence-corrected chi connectivity index (χ3v) is 4.90. The van der Waals surface area contributed by atoms with Gasteiger partial charge in [-0.15, -0.1) is 0 Å². The van der Waals surface area contributed by atoms with Gasteiger partial charge in [0.05, 0.1) is 31.2 Å². The van der Waals surface area contributed by atoms with Crippen molar-refractivity contribution in [2.45, 2.75) is 37.8 Å². The van der Waals surface area contributed by atoms with E-state index in [9.17, 15) is 4.79 Å². The van der Waals surface area contributed by atoms with Crippen molar-refractivity contribution in [2.75, 3.05) is 20.3 Å². The predicted octanol–water partition coefficient (Wildman–Crippen LogP) is 2.84. The standard InChI is InChI=1S/C19H25ClN4O3/c1-24-12-14(11-21-24)17-9-13(10-18(20)23-17)19(25)22-15-3-5-16(6-4-15)27-8-7-26-2/h9-12,15-16H,3-8H2,1-2H3,(H,22,25). The van der Waals surface area contributed by atoms with Gasteiger partial charge in [-0.25, -0.2) is 4.98 Å². The van der Waals surface area contributed by atoms with Gasteiger partial charge in [0, 0.05) is 37.5 Å². The summed E-state index contributed by atoms with van der Waals surface area (Å²) in [6, 6.07) is 3.49. The number of carbonyl (C=O) groups is 1. The van der Waals surface area contributed by atoms with Crippen LogP contribution < -0.4 is 5.32 Å². The van der Waals surface area contributed by atoms with Crippen molar-refractivity contribution in [1.29, 1.82) is 0 Å². The van der Waals surface area contributed by atoms with Crippen molar-refractivity contribution in [3.63, 3.8) is 0 Å². The molecule has 2 aromatic heterocycles. The van der Waals surface area contributed by atoms with Crippen molar-refractivity contribution in [3.05, 3.63) is 35.2 Å². The van der Waals surface area contributed by atoms with E-state index in [2.05, 4.69) is 15.4 Å². The zero-order valence-corrected chi connectivity index (χ0v) is 16.4. The first-order valence-corrected chi connectivity index (χ1v) is 9.51. The Morgan fingerprint density at radius 2 is 2.07 bits per heavy atom. The minimum Gasteiger partial charge on any atom is -0.382 e. The molecule has 2 heterocycles. The second kappa shape index (κ2) is 9.30. The van der Waals surface area contributed by atoms with Crippen LogP contribution in [0.15, 0.2) is 24.5 Å². The van der Waals surface area contributed by atoms with Crippen molar-refractivity contribution in [1.82, 2.24) is 20.1 Å². The van der Waals surface area contributed by atoms with Crippen LogP contribution in [0.3, 0.4) is 0 Å². The van der Waals surface area contributed by atoms with Crippen molar-refractivity contribution < 1.29 is 14.3 Å². The predicted molar refractivity (Wildman–Crippen MR) is 103 cm³/mol. The molecule has 1 amide bonds. The number of methoxy groups -OCH3 is 1. The van der Waals surface area contributed by atoms with Crippen LogP contribution in [0.25, 0.3) is 11.3 Å². The van der Waals surface area contributed by atoms with Gasteiger partial charge in [-0.2, -0.15) is 5.10 Å². The van der Waals surface area contributed by atoms with Gasteiger partial charge >= 0.3 is 0 Å². The summed E-state index contributed by atoms with van der Waals surface area (Å²) in [4.78, 5) is 17.0. The van der Waals surface area contributed by atoms with E-state index in [0.29, 0.717) is 24.5 Å². The molecular weight excluding hydrogens is 368 g/mol. The van der Waals surface area contributed by atoms with Crippen molar-refractivity contribution in [3.8, 4) is 11.3 Å². The van der Waals surface area contributed by atoms with Gasteiger partial charge in [-0.1, -0.05) is 11.6 Å². The molecule has 8 heteroatoms. The Morgan fingerprint density at radius 3 is 2.74 bits per heavy atom. The Bertz CT molecular complexity index is 772. The fourth-order valence-corrected chi connectivity index (χ4v) is 3.48. The molecule has 0 radical (unpaired) electrons. The average molecular weight is 393 g/mol. The van der Waals surface area contributed by atoms with Gasteiger partial charge in [0.1, 0.15) is 5.15 Å². The molecule has 0 saturated heterocycles. The lowest BCUT2D eigenvalue weighted by Crippen LogP contribution is -2.39. The van der Waals surface area contributed by atoms with Gasteiger partial charge in [-0.05, 0) is 37.8 Å². The van der Waals surface area contributed by atoms with Crippen molar-refractivity contribution >= 4 is 17.5 Å². The normalized spacial score (nSPS) is 19.8. The first kappa shape index (κ1) is 19.8. The molecule has 0 atom stereocenters. The molecule has 0 bridgehead atoms. The van der Waals surface area contributed by atoms with Gasteiger partial charge in [-0.3, -0.25) is 9.48 Å². The van der Waals surface area contributed by atoms with E-state index in [1.165, 1.54) is 0 Å². The minimum atomic E-state index is -0.131. The maximum Gasteiger partial charge on any atom is 0.251 e. The highest BCUT2D eigenvalue weighted by molar-refractivity contribution is 6.30. The topological polar surface area (TPSA) is 78.3 Å². The Hall–Kier alpha value is -1.96. The van der Waals surface area contributed by atoms with E-state index >= 15 is 0 Å². The first-order chi connectivity index (χ1) is 13.0. The first-order valence-electron chi connectivity index (χ1n) is 9.13. The number of amides is 1. The molecule has 27 heavy (non-hydrogen) atoms. The molecule has 1 aliphatic rings. The summed E-state index contributed by atoms with van der Waals surface area (Å²) in [5.74, 6) is -0.131. The molecule has 0 aliphatic heterocycles. The number of hydrogen-bond acceptors (Lipinski definition) is 5. The van der Waals surface area contributed by atoms with Gasteiger partial charge in [0.15, 0.2) is 0 Å². The number of carbonyl (C=O) groups excluding carboxylic acids is 1. The molecule has 7 nitrogen and oxygen atoms in total. The fraction of sp³-hybridized carbons (Fsp3) is 0.526. The highest BCUT2D eigenvalue weighted by Crippen LogP contribution is 2.23. The number of halogens is 1. The third-order valence-electron chi connectivity index (χ3n) is 4.71. The third kappa shape index (κ3) is 5.51. The summed E-state index contributed by atoms with van der Waals surface area (Å²) >= 11 is 6.13. The molecule has 1 fully saturated rings. The smallest absolute Gasteiger partial charge is 0.251 e. The molecule has 2 aromatic rings. The van der Waals surface area contributed by atoms with Crippen LogP contribution >= 0.6 is 11.6 Å². The summed E-state index contributed by atoms with van der Waals surface area (Å²) < 4.78 is 12.5. The van der Waals surface area contributed by atoms with Crippen LogP contribution in [-0.4, -0.2) is 53.1 Å². The molecule has 0 spiro atoms. The highest BCUT2D eigenvalue weighted by atomic mass is 35.5. The second-order valence-corrected chi connectivity index (χ2v) is 7.16. The molecule has 0 aromatic carbocycles. The summed E-state index contributed by atoms with van der Waals surface area (Å²) in [6.45, 7) is 1.23. The Balaban J connectivity index is 1.58. The lowest BCUT2D eigenvalue weighted by atomic mass is 9.92. The van der Waals surface area contributed by atoms with Crippen LogP contribution in [0.5, 0.6) is 0 Å². The molecule has 3 rings (SSSR count). The number of rotatable bonds is 7. The maximum absolute atomic E-state index is 12.7. The second-order valence-electron chi connectivity index (χ2n) is 6.78. The van der Waals surface area contributed by atoms with E-state index in [-0.39, 0.29) is 23.2 Å². The zero-order chi connectivity index (χ0) is 19.2. The van der Waals surface area contributed by atoms with E-state index in [4.69, 9.17) is 21.1 Å². The van der Waals surface area contributed by atoms with E-state index < -0.39 is 0 Å². The van der Waals surface area contributed by atoms with E-state index in [0.717, 1.165) is 31.2 Å². The SMILES string of the molecule is COCCOC1CCC(NC(=O)c2cc(Cl)nc(-c3cnn(C)c3)c2)CC1. The average Bonchev–Trinajstić information content (AvgIpc) is 3.09. The number of ether oxygens (including phenoxy) is 2. The molecule has 1 aliphatic carbocycles. The number of pyridine rings is 1. The van der Waals surface area contributed by atoms with Gasteiger partial charge in [0.2, 0.25) is 0 Å². The number of hydrogen-bond donors (Lipinski definition) is 1. The highest BCUT2D eigenvalue weighted by Gasteiger charge is 2.23. The number of nitrogens with zero attached hydrogens (tertiary/aromatic N) is 3. The summed E-state index contributed by atoms with van der Waals surface area (Å²) in [5, 5.41) is 7.53. The van der Waals surface area contributed by atoms with E-state index in [1.807, 2.05) is 13.2 Å². The molecule has 146 valence electrons. The molecule has 1 saturated carbocycles. The lowest BCUT2D eigenvalue weighted by molar-refractivity contribution is -0.00408. The number of aryl methyl sites for hydroxylation is 1. The summed E-state index contributed by atoms with van der Waals surface area (Å²) in [6.07, 6.45) is 7.46. The monoisotopic (exact) mass is 392 g/mol. The van der Waals surface area contributed by atoms with Crippen LogP contribution in [0.2, 0.25) is 5.15 Å². The van der Waals surface area contributed by atoms with Gasteiger partial charge < -0.3 is 14.8 Å². The minimum absolute atomic E-state index is 0.131. The van der Waals surface area contributed by atoms with Crippen LogP contribution in [0, 0.1) is 0 Å². The summed E-state index contributed by atoms with van der Waals surface area (Å²) in [5.41, 5.74) is 1.96. The lowest BCUT2D eigenvalue weighted by Gasteiger charge is -2.29. The largest absolute Gasteiger partial charge is 0.382 e. The van der Waals surface area contributed by atoms with Gasteiger partial charge in [0.25, 0.3) is 5.91 Å². The number of aromatic nitrogens is 3. The Kier molecular flexibility index (Phi) is 6.82.